The lowest BCUT2D eigenvalue weighted by atomic mass is 10.1. The Hall–Kier alpha value is -3.68. The average Bonchev–Trinajstić information content (AvgIpc) is 2.81. The number of hydrogen-bond donors (Lipinski definition) is 0. The van der Waals surface area contributed by atoms with Gasteiger partial charge in [-0.05, 0) is 19.1 Å². The first-order valence-electron chi connectivity index (χ1n) is 10.2. The molecule has 32 heavy (non-hydrogen) atoms. The first-order valence-corrected chi connectivity index (χ1v) is 10.2. The number of methoxy groups -OCH3 is 3. The predicted octanol–water partition coefficient (Wildman–Crippen LogP) is 4.14. The summed E-state index contributed by atoms with van der Waals surface area (Å²) in [5.41, 5.74) is 0.816. The fourth-order valence-corrected chi connectivity index (χ4v) is 3.31. The van der Waals surface area contributed by atoms with Gasteiger partial charge >= 0.3 is 5.97 Å². The highest BCUT2D eigenvalue weighted by atomic mass is 16.5. The van der Waals surface area contributed by atoms with Gasteiger partial charge in [0.2, 0.25) is 0 Å². The highest BCUT2D eigenvalue weighted by Crippen LogP contribution is 2.35. The summed E-state index contributed by atoms with van der Waals surface area (Å²) in [6, 6.07) is 7.82. The SMILES string of the molecule is CCOc1ccc2c(=O)cc(CC)oc2c1COC(=O)c1cc(OC)c(OC)cc1OC. The van der Waals surface area contributed by atoms with Crippen molar-refractivity contribution in [3.8, 4) is 23.0 Å². The van der Waals surface area contributed by atoms with Gasteiger partial charge in [0.15, 0.2) is 16.9 Å². The summed E-state index contributed by atoms with van der Waals surface area (Å²) in [7, 11) is 4.40. The minimum absolute atomic E-state index is 0.166. The van der Waals surface area contributed by atoms with Crippen molar-refractivity contribution in [1.29, 1.82) is 0 Å². The first kappa shape index (κ1) is 23.0. The summed E-state index contributed by atoms with van der Waals surface area (Å²) in [5.74, 6) is 1.42. The lowest BCUT2D eigenvalue weighted by Gasteiger charge is -2.15. The van der Waals surface area contributed by atoms with Gasteiger partial charge in [0.1, 0.15) is 35.0 Å². The second-order valence-electron chi connectivity index (χ2n) is 6.77. The van der Waals surface area contributed by atoms with Crippen LogP contribution in [-0.2, 0) is 17.8 Å². The van der Waals surface area contributed by atoms with Crippen LogP contribution in [0.4, 0.5) is 0 Å². The van der Waals surface area contributed by atoms with Crippen LogP contribution in [0.3, 0.4) is 0 Å². The molecular weight excluding hydrogens is 416 g/mol. The number of carbonyl (C=O) groups excluding carboxylic acids is 1. The maximum absolute atomic E-state index is 12.9. The lowest BCUT2D eigenvalue weighted by Crippen LogP contribution is -2.11. The van der Waals surface area contributed by atoms with Crippen LogP contribution >= 0.6 is 0 Å². The number of carbonyl (C=O) groups is 1. The predicted molar refractivity (Wildman–Crippen MR) is 118 cm³/mol. The third kappa shape index (κ3) is 4.49. The maximum Gasteiger partial charge on any atom is 0.342 e. The normalized spacial score (nSPS) is 10.7. The Morgan fingerprint density at radius 2 is 1.59 bits per heavy atom. The van der Waals surface area contributed by atoms with Crippen LogP contribution in [0.15, 0.2) is 39.5 Å². The second kappa shape index (κ2) is 10.1. The van der Waals surface area contributed by atoms with Gasteiger partial charge in [0.05, 0.1) is 38.9 Å². The molecule has 170 valence electrons. The smallest absolute Gasteiger partial charge is 0.342 e. The van der Waals surface area contributed by atoms with Crippen LogP contribution in [0.25, 0.3) is 11.0 Å². The molecule has 0 fully saturated rings. The van der Waals surface area contributed by atoms with Crippen molar-refractivity contribution in [2.75, 3.05) is 27.9 Å². The molecule has 0 aliphatic heterocycles. The summed E-state index contributed by atoms with van der Waals surface area (Å²) in [6.07, 6.45) is 0.548. The number of ether oxygens (including phenoxy) is 5. The highest BCUT2D eigenvalue weighted by molar-refractivity contribution is 5.94. The number of hydrogen-bond acceptors (Lipinski definition) is 8. The van der Waals surface area contributed by atoms with Gasteiger partial charge in [-0.25, -0.2) is 4.79 Å². The number of fused-ring (bicyclic) bond motifs is 1. The quantitative estimate of drug-likeness (QED) is 0.457. The van der Waals surface area contributed by atoms with Crippen LogP contribution in [0.2, 0.25) is 0 Å². The summed E-state index contributed by atoms with van der Waals surface area (Å²) in [4.78, 5) is 25.4. The van der Waals surface area contributed by atoms with E-state index in [0.29, 0.717) is 52.6 Å². The fraction of sp³-hybridized carbons (Fsp3) is 0.333. The summed E-state index contributed by atoms with van der Waals surface area (Å²) in [6.45, 7) is 3.96. The molecule has 0 aliphatic rings. The first-order chi connectivity index (χ1) is 15.5. The Balaban J connectivity index is 2.01. The van der Waals surface area contributed by atoms with Gasteiger partial charge in [-0.2, -0.15) is 0 Å². The average molecular weight is 442 g/mol. The van der Waals surface area contributed by atoms with Crippen molar-refractivity contribution < 1.29 is 32.9 Å². The molecule has 0 N–H and O–H groups in total. The topological polar surface area (TPSA) is 93.4 Å². The van der Waals surface area contributed by atoms with Crippen LogP contribution in [0.1, 0.15) is 35.5 Å². The molecule has 0 unspecified atom stereocenters. The van der Waals surface area contributed by atoms with E-state index in [9.17, 15) is 9.59 Å². The van der Waals surface area contributed by atoms with E-state index in [4.69, 9.17) is 28.1 Å². The molecule has 0 amide bonds. The van der Waals surface area contributed by atoms with Crippen molar-refractivity contribution in [2.45, 2.75) is 26.9 Å². The van der Waals surface area contributed by atoms with E-state index in [1.54, 1.807) is 18.2 Å². The van der Waals surface area contributed by atoms with Gasteiger partial charge < -0.3 is 28.1 Å². The maximum atomic E-state index is 12.9. The number of benzene rings is 2. The van der Waals surface area contributed by atoms with Crippen LogP contribution < -0.4 is 24.4 Å². The largest absolute Gasteiger partial charge is 0.496 e. The van der Waals surface area contributed by atoms with Gasteiger partial charge in [0.25, 0.3) is 0 Å². The van der Waals surface area contributed by atoms with E-state index in [-0.39, 0.29) is 23.3 Å². The van der Waals surface area contributed by atoms with E-state index >= 15 is 0 Å². The van der Waals surface area contributed by atoms with Crippen LogP contribution in [-0.4, -0.2) is 33.9 Å². The molecule has 3 rings (SSSR count). The number of aryl methyl sites for hydroxylation is 1. The summed E-state index contributed by atoms with van der Waals surface area (Å²) >= 11 is 0. The Labute approximate surface area is 185 Å². The second-order valence-corrected chi connectivity index (χ2v) is 6.77. The molecular formula is C24H26O8. The molecule has 2 aromatic carbocycles. The van der Waals surface area contributed by atoms with Crippen molar-refractivity contribution >= 4 is 16.9 Å². The minimum Gasteiger partial charge on any atom is -0.496 e. The van der Waals surface area contributed by atoms with Crippen LogP contribution in [0.5, 0.6) is 23.0 Å². The molecule has 0 radical (unpaired) electrons. The van der Waals surface area contributed by atoms with Gasteiger partial charge in [-0.15, -0.1) is 0 Å². The third-order valence-corrected chi connectivity index (χ3v) is 4.93. The van der Waals surface area contributed by atoms with E-state index in [1.165, 1.54) is 33.5 Å². The molecule has 0 atom stereocenters. The van der Waals surface area contributed by atoms with Crippen molar-refractivity contribution in [1.82, 2.24) is 0 Å². The standard InChI is InChI=1S/C24H26O8/c1-6-14-10-18(25)15-8-9-19(30-7-2)17(23(15)32-14)13-31-24(26)16-11-21(28-4)22(29-5)12-20(16)27-3/h8-12H,6-7,13H2,1-5H3. The van der Waals surface area contributed by atoms with Crippen molar-refractivity contribution in [3.63, 3.8) is 0 Å². The molecule has 1 aromatic heterocycles. The third-order valence-electron chi connectivity index (χ3n) is 4.93. The molecule has 0 saturated heterocycles. The Morgan fingerprint density at radius 1 is 0.906 bits per heavy atom. The molecule has 8 nitrogen and oxygen atoms in total. The summed E-state index contributed by atoms with van der Waals surface area (Å²) < 4.78 is 33.0. The zero-order valence-electron chi connectivity index (χ0n) is 18.8. The van der Waals surface area contributed by atoms with Gasteiger partial charge in [-0.1, -0.05) is 6.92 Å². The van der Waals surface area contributed by atoms with E-state index < -0.39 is 5.97 Å². The molecule has 8 heteroatoms. The van der Waals surface area contributed by atoms with E-state index in [1.807, 2.05) is 13.8 Å². The highest BCUT2D eigenvalue weighted by Gasteiger charge is 2.21. The minimum atomic E-state index is -0.642. The number of rotatable bonds is 9. The Kier molecular flexibility index (Phi) is 7.25. The molecule has 0 aliphatic carbocycles. The Bertz CT molecular complexity index is 1180. The summed E-state index contributed by atoms with van der Waals surface area (Å²) in [5, 5.41) is 0.389. The molecule has 0 saturated carbocycles. The van der Waals surface area contributed by atoms with Gasteiger partial charge in [0, 0.05) is 24.6 Å². The van der Waals surface area contributed by atoms with Crippen molar-refractivity contribution in [2.24, 2.45) is 0 Å². The van der Waals surface area contributed by atoms with Gasteiger partial charge in [-0.3, -0.25) is 4.79 Å². The Morgan fingerprint density at radius 3 is 2.22 bits per heavy atom. The molecule has 0 spiro atoms. The van der Waals surface area contributed by atoms with Crippen LogP contribution in [0, 0.1) is 0 Å². The van der Waals surface area contributed by atoms with Crippen molar-refractivity contribution in [3.05, 3.63) is 57.4 Å². The van der Waals surface area contributed by atoms with E-state index in [2.05, 4.69) is 0 Å². The van der Waals surface area contributed by atoms with E-state index in [0.717, 1.165) is 0 Å². The monoisotopic (exact) mass is 442 g/mol. The fourth-order valence-electron chi connectivity index (χ4n) is 3.31. The lowest BCUT2D eigenvalue weighted by molar-refractivity contribution is 0.0466. The number of esters is 1. The molecule has 3 aromatic rings. The molecule has 1 heterocycles. The molecule has 0 bridgehead atoms. The zero-order valence-corrected chi connectivity index (χ0v) is 18.8. The zero-order chi connectivity index (χ0) is 23.3.